The first kappa shape index (κ1) is 9.22. The highest BCUT2D eigenvalue weighted by molar-refractivity contribution is 5.01. The Hall–Kier alpha value is -0.870. The maximum atomic E-state index is 8.74. The summed E-state index contributed by atoms with van der Waals surface area (Å²) in [5.41, 5.74) is 0.854. The van der Waals surface area contributed by atoms with Gasteiger partial charge in [-0.2, -0.15) is 5.10 Å². The van der Waals surface area contributed by atoms with Crippen molar-refractivity contribution in [1.29, 1.82) is 0 Å². The molecule has 0 spiro atoms. The molecule has 0 unspecified atom stereocenters. The minimum absolute atomic E-state index is 0.0598. The smallest absolute Gasteiger partial charge is 0.0712 e. The number of methoxy groups -OCH3 is 1. The zero-order valence-corrected chi connectivity index (χ0v) is 7.23. The Morgan fingerprint density at radius 3 is 3.08 bits per heavy atom. The van der Waals surface area contributed by atoms with Crippen LogP contribution in [0, 0.1) is 0 Å². The third kappa shape index (κ3) is 2.64. The van der Waals surface area contributed by atoms with Crippen LogP contribution in [0.3, 0.4) is 0 Å². The van der Waals surface area contributed by atoms with Crippen molar-refractivity contribution in [2.24, 2.45) is 0 Å². The Morgan fingerprint density at radius 1 is 1.67 bits per heavy atom. The fraction of sp³-hybridized carbons (Fsp3) is 0.625. The number of aliphatic hydroxyl groups excluding tert-OH is 1. The van der Waals surface area contributed by atoms with Gasteiger partial charge in [0.25, 0.3) is 0 Å². The third-order valence-electron chi connectivity index (χ3n) is 1.60. The number of hydrogen-bond donors (Lipinski definition) is 1. The van der Waals surface area contributed by atoms with Crippen LogP contribution in [0.2, 0.25) is 0 Å². The number of hydrogen-bond acceptors (Lipinski definition) is 3. The maximum absolute atomic E-state index is 8.74. The van der Waals surface area contributed by atoms with Gasteiger partial charge in [-0.1, -0.05) is 0 Å². The zero-order valence-electron chi connectivity index (χ0n) is 7.23. The number of rotatable bonds is 5. The van der Waals surface area contributed by atoms with Crippen LogP contribution in [0.5, 0.6) is 0 Å². The van der Waals surface area contributed by atoms with Gasteiger partial charge in [0, 0.05) is 32.0 Å². The molecule has 1 rings (SSSR count). The second kappa shape index (κ2) is 4.90. The number of nitrogens with zero attached hydrogens (tertiary/aromatic N) is 2. The Kier molecular flexibility index (Phi) is 3.76. The Bertz CT molecular complexity index is 223. The molecule has 1 N–H and O–H groups in total. The summed E-state index contributed by atoms with van der Waals surface area (Å²) in [6.07, 6.45) is 4.46. The zero-order chi connectivity index (χ0) is 8.81. The predicted molar refractivity (Wildman–Crippen MR) is 44.6 cm³/mol. The maximum Gasteiger partial charge on any atom is 0.0712 e. The minimum atomic E-state index is 0.0598. The van der Waals surface area contributed by atoms with Crippen LogP contribution in [0.15, 0.2) is 12.4 Å². The van der Waals surface area contributed by atoms with E-state index in [-0.39, 0.29) is 6.61 Å². The molecule has 1 aromatic heterocycles. The van der Waals surface area contributed by atoms with E-state index in [1.54, 1.807) is 13.3 Å². The van der Waals surface area contributed by atoms with Gasteiger partial charge in [-0.05, 0) is 6.42 Å². The molecule has 0 amide bonds. The molecule has 12 heavy (non-hydrogen) atoms. The number of ether oxygens (including phenoxy) is 1. The van der Waals surface area contributed by atoms with Gasteiger partial charge in [-0.3, -0.25) is 4.68 Å². The summed E-state index contributed by atoms with van der Waals surface area (Å²) in [4.78, 5) is 0. The molecule has 0 fully saturated rings. The van der Waals surface area contributed by atoms with Gasteiger partial charge >= 0.3 is 0 Å². The molecule has 0 aliphatic rings. The topological polar surface area (TPSA) is 47.3 Å². The second-order valence-corrected chi connectivity index (χ2v) is 2.62. The largest absolute Gasteiger partial charge is 0.392 e. The molecule has 1 aromatic rings. The summed E-state index contributed by atoms with van der Waals surface area (Å²) in [5, 5.41) is 12.8. The van der Waals surface area contributed by atoms with Gasteiger partial charge in [0.2, 0.25) is 0 Å². The number of aliphatic hydroxyl groups is 1. The fourth-order valence-corrected chi connectivity index (χ4v) is 0.981. The standard InChI is InChI=1S/C8H14N2O2/c1-12-4-2-3-10-6-8(7-11)5-9-10/h5-6,11H,2-4,7H2,1H3. The summed E-state index contributed by atoms with van der Waals surface area (Å²) in [7, 11) is 1.68. The molecular formula is C8H14N2O2. The summed E-state index contributed by atoms with van der Waals surface area (Å²) < 4.78 is 6.72. The minimum Gasteiger partial charge on any atom is -0.392 e. The van der Waals surface area contributed by atoms with E-state index < -0.39 is 0 Å². The van der Waals surface area contributed by atoms with E-state index in [1.807, 2.05) is 10.9 Å². The monoisotopic (exact) mass is 170 g/mol. The van der Waals surface area contributed by atoms with E-state index >= 15 is 0 Å². The van der Waals surface area contributed by atoms with Crippen LogP contribution in [0.25, 0.3) is 0 Å². The molecule has 4 nitrogen and oxygen atoms in total. The molecule has 4 heteroatoms. The van der Waals surface area contributed by atoms with Crippen LogP contribution in [0.4, 0.5) is 0 Å². The van der Waals surface area contributed by atoms with E-state index in [4.69, 9.17) is 9.84 Å². The molecule has 68 valence electrons. The quantitative estimate of drug-likeness (QED) is 0.651. The first-order valence-corrected chi connectivity index (χ1v) is 3.98. The van der Waals surface area contributed by atoms with Crippen molar-refractivity contribution < 1.29 is 9.84 Å². The molecule has 0 aromatic carbocycles. The van der Waals surface area contributed by atoms with Crippen molar-refractivity contribution in [2.75, 3.05) is 13.7 Å². The lowest BCUT2D eigenvalue weighted by Gasteiger charge is -1.99. The van der Waals surface area contributed by atoms with Crippen LogP contribution < -0.4 is 0 Å². The van der Waals surface area contributed by atoms with Gasteiger partial charge in [-0.25, -0.2) is 0 Å². The average molecular weight is 170 g/mol. The fourth-order valence-electron chi connectivity index (χ4n) is 0.981. The second-order valence-electron chi connectivity index (χ2n) is 2.62. The highest BCUT2D eigenvalue weighted by Crippen LogP contribution is 1.97. The van der Waals surface area contributed by atoms with Crippen LogP contribution in [-0.4, -0.2) is 28.6 Å². The van der Waals surface area contributed by atoms with Crippen LogP contribution >= 0.6 is 0 Å². The Balaban J connectivity index is 2.31. The van der Waals surface area contributed by atoms with E-state index in [0.29, 0.717) is 0 Å². The van der Waals surface area contributed by atoms with Crippen molar-refractivity contribution >= 4 is 0 Å². The lowest BCUT2D eigenvalue weighted by Crippen LogP contribution is -2.01. The van der Waals surface area contributed by atoms with Crippen molar-refractivity contribution in [1.82, 2.24) is 9.78 Å². The van der Waals surface area contributed by atoms with E-state index in [9.17, 15) is 0 Å². The molecule has 1 heterocycles. The van der Waals surface area contributed by atoms with Crippen molar-refractivity contribution in [3.05, 3.63) is 18.0 Å². The Morgan fingerprint density at radius 2 is 2.50 bits per heavy atom. The number of aryl methyl sites for hydroxylation is 1. The molecule has 0 saturated heterocycles. The van der Waals surface area contributed by atoms with Crippen LogP contribution in [0.1, 0.15) is 12.0 Å². The predicted octanol–water partition coefficient (Wildman–Crippen LogP) is 0.412. The first-order valence-electron chi connectivity index (χ1n) is 3.98. The van der Waals surface area contributed by atoms with E-state index in [0.717, 1.165) is 25.1 Å². The van der Waals surface area contributed by atoms with E-state index in [2.05, 4.69) is 5.10 Å². The highest BCUT2D eigenvalue weighted by Gasteiger charge is 1.95. The van der Waals surface area contributed by atoms with Gasteiger partial charge in [-0.15, -0.1) is 0 Å². The molecule has 0 saturated carbocycles. The normalized spacial score (nSPS) is 10.5. The third-order valence-corrected chi connectivity index (χ3v) is 1.60. The van der Waals surface area contributed by atoms with Crippen LogP contribution in [-0.2, 0) is 17.9 Å². The van der Waals surface area contributed by atoms with Gasteiger partial charge in [0.05, 0.1) is 12.8 Å². The average Bonchev–Trinajstić information content (AvgIpc) is 2.53. The molecule has 0 radical (unpaired) electrons. The highest BCUT2D eigenvalue weighted by atomic mass is 16.5. The lowest BCUT2D eigenvalue weighted by molar-refractivity contribution is 0.189. The van der Waals surface area contributed by atoms with Gasteiger partial charge < -0.3 is 9.84 Å². The van der Waals surface area contributed by atoms with Crippen molar-refractivity contribution in [3.63, 3.8) is 0 Å². The molecule has 0 atom stereocenters. The number of aromatic nitrogens is 2. The molecule has 0 bridgehead atoms. The SMILES string of the molecule is COCCCn1cc(CO)cn1. The van der Waals surface area contributed by atoms with Crippen molar-refractivity contribution in [3.8, 4) is 0 Å². The summed E-state index contributed by atoms with van der Waals surface area (Å²) in [6.45, 7) is 1.65. The molecular weight excluding hydrogens is 156 g/mol. The van der Waals surface area contributed by atoms with E-state index in [1.165, 1.54) is 0 Å². The summed E-state index contributed by atoms with van der Waals surface area (Å²) >= 11 is 0. The lowest BCUT2D eigenvalue weighted by atomic mass is 10.4. The Labute approximate surface area is 71.8 Å². The van der Waals surface area contributed by atoms with Crippen molar-refractivity contribution in [2.45, 2.75) is 19.6 Å². The molecule has 0 aliphatic carbocycles. The molecule has 0 aliphatic heterocycles. The summed E-state index contributed by atoms with van der Waals surface area (Å²) in [5.74, 6) is 0. The van der Waals surface area contributed by atoms with Gasteiger partial charge in [0.1, 0.15) is 0 Å². The summed E-state index contributed by atoms with van der Waals surface area (Å²) in [6, 6.07) is 0. The first-order chi connectivity index (χ1) is 5.86. The van der Waals surface area contributed by atoms with Gasteiger partial charge in [0.15, 0.2) is 0 Å².